The van der Waals surface area contributed by atoms with Gasteiger partial charge in [-0.1, -0.05) is 44.5 Å². The minimum Gasteiger partial charge on any atom is -0.0840 e. The smallest absolute Gasteiger partial charge is 0.0440 e. The second-order valence-corrected chi connectivity index (χ2v) is 3.53. The Morgan fingerprint density at radius 2 is 2.00 bits per heavy atom. The van der Waals surface area contributed by atoms with E-state index in [2.05, 4.69) is 26.8 Å². The molecule has 1 aromatic rings. The highest BCUT2D eigenvalue weighted by molar-refractivity contribution is 6.31. The maximum Gasteiger partial charge on any atom is 0.0440 e. The quantitative estimate of drug-likeness (QED) is 0.650. The number of halogens is 1. The maximum absolute atomic E-state index is 6.06. The van der Waals surface area contributed by atoms with Crippen LogP contribution >= 0.6 is 11.6 Å². The molecule has 1 heteroatoms. The minimum atomic E-state index is 0.885. The molecule has 0 aliphatic carbocycles. The van der Waals surface area contributed by atoms with Crippen molar-refractivity contribution in [2.75, 3.05) is 0 Å². The third kappa shape index (κ3) is 1.81. The molecule has 0 amide bonds. The average molecular weight is 182 g/mol. The third-order valence-electron chi connectivity index (χ3n) is 2.01. The van der Waals surface area contributed by atoms with Gasteiger partial charge in [0.05, 0.1) is 0 Å². The van der Waals surface area contributed by atoms with Gasteiger partial charge in [-0.15, -0.1) is 0 Å². The second-order valence-electron chi connectivity index (χ2n) is 3.12. The van der Waals surface area contributed by atoms with Crippen molar-refractivity contribution in [3.63, 3.8) is 0 Å². The molecule has 0 N–H and O–H groups in total. The Kier molecular flexibility index (Phi) is 3.16. The van der Waals surface area contributed by atoms with Crippen LogP contribution in [0.2, 0.25) is 5.02 Å². The zero-order chi connectivity index (χ0) is 9.14. The van der Waals surface area contributed by atoms with Crippen LogP contribution in [-0.2, 0) is 6.42 Å². The summed E-state index contributed by atoms with van der Waals surface area (Å²) in [5.74, 6) is 1.33. The van der Waals surface area contributed by atoms with Gasteiger partial charge in [0.25, 0.3) is 0 Å². The second kappa shape index (κ2) is 3.95. The molecule has 1 aromatic carbocycles. The maximum atomic E-state index is 6.06. The van der Waals surface area contributed by atoms with Gasteiger partial charge in [0.15, 0.2) is 0 Å². The summed E-state index contributed by atoms with van der Waals surface area (Å²) in [6.07, 6.45) is 1.00. The Labute approximate surface area is 79.6 Å². The molecule has 1 rings (SSSR count). The van der Waals surface area contributed by atoms with Gasteiger partial charge in [-0.05, 0) is 29.5 Å². The molecule has 0 nitrogen and oxygen atoms in total. The lowest BCUT2D eigenvalue weighted by Crippen LogP contribution is -1.95. The SMILES string of the molecule is CCc1c(Cl)cccc1[C](C)C. The topological polar surface area (TPSA) is 0 Å². The van der Waals surface area contributed by atoms with Crippen molar-refractivity contribution in [1.29, 1.82) is 0 Å². The standard InChI is InChI=1S/C11H14Cl/c1-4-9-10(8(2)3)6-5-7-11(9)12/h5-7H,4H2,1-3H3. The van der Waals surface area contributed by atoms with Crippen molar-refractivity contribution < 1.29 is 0 Å². The van der Waals surface area contributed by atoms with E-state index < -0.39 is 0 Å². The average Bonchev–Trinajstić information content (AvgIpc) is 2.03. The lowest BCUT2D eigenvalue weighted by molar-refractivity contribution is 1.05. The molecule has 12 heavy (non-hydrogen) atoms. The van der Waals surface area contributed by atoms with E-state index in [0.29, 0.717) is 0 Å². The summed E-state index contributed by atoms with van der Waals surface area (Å²) in [7, 11) is 0. The summed E-state index contributed by atoms with van der Waals surface area (Å²) in [6, 6.07) is 6.08. The molecule has 0 aliphatic rings. The van der Waals surface area contributed by atoms with Crippen LogP contribution in [0, 0.1) is 5.92 Å². The van der Waals surface area contributed by atoms with Gasteiger partial charge in [-0.3, -0.25) is 0 Å². The number of benzene rings is 1. The summed E-state index contributed by atoms with van der Waals surface area (Å²) in [5.41, 5.74) is 2.56. The van der Waals surface area contributed by atoms with Crippen molar-refractivity contribution in [3.8, 4) is 0 Å². The van der Waals surface area contributed by atoms with E-state index in [0.717, 1.165) is 11.4 Å². The van der Waals surface area contributed by atoms with Crippen LogP contribution < -0.4 is 0 Å². The van der Waals surface area contributed by atoms with E-state index in [1.54, 1.807) is 0 Å². The van der Waals surface area contributed by atoms with Crippen LogP contribution in [0.25, 0.3) is 0 Å². The number of hydrogen-bond acceptors (Lipinski definition) is 0. The lowest BCUT2D eigenvalue weighted by Gasteiger charge is -2.11. The first-order valence-electron chi connectivity index (χ1n) is 4.24. The Hall–Kier alpha value is -0.490. The largest absolute Gasteiger partial charge is 0.0840 e. The molecule has 0 heterocycles. The van der Waals surface area contributed by atoms with Crippen molar-refractivity contribution in [1.82, 2.24) is 0 Å². The molecule has 0 bridgehead atoms. The summed E-state index contributed by atoms with van der Waals surface area (Å²) < 4.78 is 0. The van der Waals surface area contributed by atoms with Crippen molar-refractivity contribution >= 4 is 11.6 Å². The fourth-order valence-corrected chi connectivity index (χ4v) is 1.69. The van der Waals surface area contributed by atoms with E-state index >= 15 is 0 Å². The summed E-state index contributed by atoms with van der Waals surface area (Å²) >= 11 is 6.06. The predicted octanol–water partition coefficient (Wildman–Crippen LogP) is 3.86. The zero-order valence-corrected chi connectivity index (χ0v) is 8.57. The van der Waals surface area contributed by atoms with Crippen molar-refractivity contribution in [3.05, 3.63) is 40.3 Å². The summed E-state index contributed by atoms with van der Waals surface area (Å²) in [4.78, 5) is 0. The van der Waals surface area contributed by atoms with E-state index in [1.165, 1.54) is 17.0 Å². The fourth-order valence-electron chi connectivity index (χ4n) is 1.39. The van der Waals surface area contributed by atoms with Crippen LogP contribution in [0.3, 0.4) is 0 Å². The molecular formula is C11H14Cl. The molecule has 0 aliphatic heterocycles. The van der Waals surface area contributed by atoms with Gasteiger partial charge in [0.1, 0.15) is 0 Å². The first-order valence-corrected chi connectivity index (χ1v) is 4.62. The molecule has 0 spiro atoms. The van der Waals surface area contributed by atoms with E-state index in [4.69, 9.17) is 11.6 Å². The van der Waals surface area contributed by atoms with Gasteiger partial charge in [0.2, 0.25) is 0 Å². The summed E-state index contributed by atoms with van der Waals surface area (Å²) in [6.45, 7) is 6.36. The van der Waals surface area contributed by atoms with Crippen LogP contribution in [0.15, 0.2) is 18.2 Å². The Morgan fingerprint density at radius 3 is 2.42 bits per heavy atom. The zero-order valence-electron chi connectivity index (χ0n) is 7.82. The van der Waals surface area contributed by atoms with E-state index in [1.807, 2.05) is 12.1 Å². The van der Waals surface area contributed by atoms with Crippen LogP contribution in [-0.4, -0.2) is 0 Å². The van der Waals surface area contributed by atoms with Gasteiger partial charge < -0.3 is 0 Å². The monoisotopic (exact) mass is 181 g/mol. The van der Waals surface area contributed by atoms with Crippen LogP contribution in [0.4, 0.5) is 0 Å². The molecule has 0 saturated heterocycles. The predicted molar refractivity (Wildman–Crippen MR) is 54.5 cm³/mol. The first kappa shape index (κ1) is 9.60. The van der Waals surface area contributed by atoms with E-state index in [-0.39, 0.29) is 0 Å². The normalized spacial score (nSPS) is 10.8. The van der Waals surface area contributed by atoms with Crippen molar-refractivity contribution in [2.45, 2.75) is 27.2 Å². The Balaban J connectivity index is 3.18. The third-order valence-corrected chi connectivity index (χ3v) is 2.37. The molecule has 0 unspecified atom stereocenters. The molecule has 1 radical (unpaired) electrons. The van der Waals surface area contributed by atoms with E-state index in [9.17, 15) is 0 Å². The number of rotatable bonds is 2. The fraction of sp³-hybridized carbons (Fsp3) is 0.364. The van der Waals surface area contributed by atoms with Crippen molar-refractivity contribution in [2.24, 2.45) is 0 Å². The van der Waals surface area contributed by atoms with Crippen LogP contribution in [0.1, 0.15) is 31.9 Å². The first-order chi connectivity index (χ1) is 5.66. The number of hydrogen-bond donors (Lipinski definition) is 0. The molecule has 0 fully saturated rings. The molecule has 0 atom stereocenters. The minimum absolute atomic E-state index is 0.885. The van der Waals surface area contributed by atoms with Gasteiger partial charge in [-0.25, -0.2) is 0 Å². The van der Waals surface area contributed by atoms with Gasteiger partial charge >= 0.3 is 0 Å². The Bertz CT molecular complexity index is 264. The highest BCUT2D eigenvalue weighted by Crippen LogP contribution is 2.25. The molecule has 0 saturated carbocycles. The highest BCUT2D eigenvalue weighted by Gasteiger charge is 2.07. The van der Waals surface area contributed by atoms with Gasteiger partial charge in [0, 0.05) is 5.02 Å². The molecule has 0 aromatic heterocycles. The summed E-state index contributed by atoms with van der Waals surface area (Å²) in [5, 5.41) is 0.885. The molecule has 65 valence electrons. The molecular weight excluding hydrogens is 168 g/mol. The van der Waals surface area contributed by atoms with Gasteiger partial charge in [-0.2, -0.15) is 0 Å². The van der Waals surface area contributed by atoms with Crippen LogP contribution in [0.5, 0.6) is 0 Å². The Morgan fingerprint density at radius 1 is 1.33 bits per heavy atom. The lowest BCUT2D eigenvalue weighted by atomic mass is 9.96. The highest BCUT2D eigenvalue weighted by atomic mass is 35.5.